The minimum Gasteiger partial charge on any atom is -0.473 e. The number of nitrogens with zero attached hydrogens (tertiary/aromatic N) is 2. The topological polar surface area (TPSA) is 113 Å². The quantitative estimate of drug-likeness (QED) is 0.646. The van der Waals surface area contributed by atoms with Crippen molar-refractivity contribution in [3.63, 3.8) is 0 Å². The summed E-state index contributed by atoms with van der Waals surface area (Å²) >= 11 is 7.54. The molecule has 3 aliphatic rings. The zero-order valence-electron chi connectivity index (χ0n) is 16.2. The molecular weight excluding hydrogens is 434 g/mol. The SMILES string of the molecule is N#CC1=C(N)OC2C3SC(Nc4ccccc4)=NC3NC(=O)C2C1c1ccc(Cl)cc1. The van der Waals surface area contributed by atoms with Gasteiger partial charge >= 0.3 is 0 Å². The second kappa shape index (κ2) is 7.84. The minimum atomic E-state index is -0.608. The van der Waals surface area contributed by atoms with Crippen LogP contribution in [0.3, 0.4) is 0 Å². The highest BCUT2D eigenvalue weighted by molar-refractivity contribution is 8.15. The molecule has 0 spiro atoms. The summed E-state index contributed by atoms with van der Waals surface area (Å²) in [5, 5.41) is 17.1. The Hall–Kier alpha value is -3.15. The highest BCUT2D eigenvalue weighted by Crippen LogP contribution is 2.47. The molecule has 3 heterocycles. The number of fused-ring (bicyclic) bond motifs is 3. The second-order valence-corrected chi connectivity index (χ2v) is 9.09. The van der Waals surface area contributed by atoms with E-state index in [1.54, 1.807) is 12.1 Å². The van der Waals surface area contributed by atoms with Crippen LogP contribution < -0.4 is 16.4 Å². The van der Waals surface area contributed by atoms with Gasteiger partial charge in [-0.15, -0.1) is 0 Å². The lowest BCUT2D eigenvalue weighted by molar-refractivity contribution is -0.135. The molecule has 5 unspecified atom stereocenters. The van der Waals surface area contributed by atoms with Crippen molar-refractivity contribution in [2.24, 2.45) is 16.6 Å². The maximum atomic E-state index is 13.2. The van der Waals surface area contributed by atoms with E-state index >= 15 is 0 Å². The van der Waals surface area contributed by atoms with Crippen LogP contribution in [0.25, 0.3) is 0 Å². The van der Waals surface area contributed by atoms with Crippen LogP contribution in [0.5, 0.6) is 0 Å². The number of rotatable bonds is 2. The predicted octanol–water partition coefficient (Wildman–Crippen LogP) is 3.17. The summed E-state index contributed by atoms with van der Waals surface area (Å²) < 4.78 is 5.98. The molecule has 1 saturated heterocycles. The Labute approximate surface area is 188 Å². The molecule has 0 aromatic heterocycles. The van der Waals surface area contributed by atoms with Gasteiger partial charge in [-0.1, -0.05) is 53.7 Å². The van der Waals surface area contributed by atoms with Gasteiger partial charge in [0, 0.05) is 16.6 Å². The molecule has 1 fully saturated rings. The van der Waals surface area contributed by atoms with E-state index < -0.39 is 24.1 Å². The highest BCUT2D eigenvalue weighted by atomic mass is 35.5. The fraction of sp³-hybridized carbons (Fsp3) is 0.227. The normalized spacial score (nSPS) is 29.1. The van der Waals surface area contributed by atoms with Crippen LogP contribution in [-0.2, 0) is 9.53 Å². The van der Waals surface area contributed by atoms with Crippen molar-refractivity contribution in [2.45, 2.75) is 23.4 Å². The van der Waals surface area contributed by atoms with Crippen LogP contribution in [0.15, 0.2) is 71.0 Å². The van der Waals surface area contributed by atoms with Crippen molar-refractivity contribution in [3.8, 4) is 6.07 Å². The number of nitrogens with two attached hydrogens (primary N) is 1. The molecule has 0 aliphatic carbocycles. The summed E-state index contributed by atoms with van der Waals surface area (Å²) in [6, 6.07) is 19.0. The van der Waals surface area contributed by atoms with Gasteiger partial charge in [0.25, 0.3) is 0 Å². The first-order valence-electron chi connectivity index (χ1n) is 9.74. The van der Waals surface area contributed by atoms with Crippen LogP contribution in [-0.4, -0.2) is 28.6 Å². The van der Waals surface area contributed by atoms with E-state index in [-0.39, 0.29) is 22.6 Å². The van der Waals surface area contributed by atoms with Crippen LogP contribution >= 0.6 is 23.4 Å². The minimum absolute atomic E-state index is 0.0576. The maximum absolute atomic E-state index is 13.2. The molecule has 0 saturated carbocycles. The van der Waals surface area contributed by atoms with Gasteiger partial charge in [0.2, 0.25) is 5.91 Å². The first-order valence-corrected chi connectivity index (χ1v) is 11.0. The van der Waals surface area contributed by atoms with E-state index in [2.05, 4.69) is 21.7 Å². The van der Waals surface area contributed by atoms with Crippen molar-refractivity contribution >= 4 is 40.1 Å². The van der Waals surface area contributed by atoms with Gasteiger partial charge in [-0.25, -0.2) is 4.99 Å². The number of nitriles is 1. The number of ether oxygens (including phenoxy) is 1. The third kappa shape index (κ3) is 3.50. The molecule has 5 atom stereocenters. The molecule has 9 heteroatoms. The Morgan fingerprint density at radius 2 is 1.94 bits per heavy atom. The van der Waals surface area contributed by atoms with Gasteiger partial charge in [0.15, 0.2) is 11.1 Å². The summed E-state index contributed by atoms with van der Waals surface area (Å²) in [6.45, 7) is 0. The van der Waals surface area contributed by atoms with Crippen LogP contribution in [0.1, 0.15) is 11.5 Å². The standard InChI is InChI=1S/C22H18ClN5O2S/c23-12-8-6-11(7-9-12)15-14(10-24)19(25)30-17-16(15)21(29)27-20-18(17)31-22(28-20)26-13-4-2-1-3-5-13/h1-9,15-18,20H,25H2,(H,26,28)(H,27,29). The number of anilines is 1. The zero-order valence-corrected chi connectivity index (χ0v) is 17.7. The number of amides is 1. The Balaban J connectivity index is 1.48. The largest absolute Gasteiger partial charge is 0.473 e. The number of halogens is 1. The van der Waals surface area contributed by atoms with Crippen LogP contribution in [0.2, 0.25) is 5.02 Å². The Bertz CT molecular complexity index is 1130. The second-order valence-electron chi connectivity index (χ2n) is 7.49. The maximum Gasteiger partial charge on any atom is 0.229 e. The Morgan fingerprint density at radius 3 is 2.65 bits per heavy atom. The fourth-order valence-electron chi connectivity index (χ4n) is 4.28. The van der Waals surface area contributed by atoms with Crippen molar-refractivity contribution in [3.05, 3.63) is 76.6 Å². The third-order valence-electron chi connectivity index (χ3n) is 5.66. The molecule has 5 rings (SSSR count). The summed E-state index contributed by atoms with van der Waals surface area (Å²) in [5.74, 6) is -1.28. The lowest BCUT2D eigenvalue weighted by Crippen LogP contribution is -2.61. The zero-order chi connectivity index (χ0) is 21.5. The monoisotopic (exact) mass is 451 g/mol. The van der Waals surface area contributed by atoms with Gasteiger partial charge < -0.3 is 21.1 Å². The molecule has 1 amide bonds. The molecule has 2 aromatic rings. The number of benzene rings is 2. The number of hydrogen-bond acceptors (Lipinski definition) is 7. The number of carbonyl (C=O) groups is 1. The number of aliphatic imine (C=N–C) groups is 1. The molecule has 2 aromatic carbocycles. The molecular formula is C22H18ClN5O2S. The van der Waals surface area contributed by atoms with E-state index in [0.29, 0.717) is 10.2 Å². The molecule has 3 aliphatic heterocycles. The summed E-state index contributed by atoms with van der Waals surface area (Å²) in [5.41, 5.74) is 8.11. The number of carbonyl (C=O) groups excluding carboxylic acids is 1. The van der Waals surface area contributed by atoms with E-state index in [1.807, 2.05) is 42.5 Å². The Kier molecular flexibility index (Phi) is 5.00. The molecule has 7 nitrogen and oxygen atoms in total. The van der Waals surface area contributed by atoms with Crippen molar-refractivity contribution in [2.75, 3.05) is 5.32 Å². The molecule has 0 radical (unpaired) electrons. The Morgan fingerprint density at radius 1 is 1.19 bits per heavy atom. The first-order chi connectivity index (χ1) is 15.0. The van der Waals surface area contributed by atoms with Gasteiger partial charge in [-0.05, 0) is 29.8 Å². The number of nitrogens with one attached hydrogen (secondary N) is 2. The van der Waals surface area contributed by atoms with Crippen molar-refractivity contribution < 1.29 is 9.53 Å². The van der Waals surface area contributed by atoms with Crippen molar-refractivity contribution in [1.82, 2.24) is 5.32 Å². The number of allylic oxidation sites excluding steroid dienone is 1. The lowest BCUT2D eigenvalue weighted by Gasteiger charge is -2.44. The third-order valence-corrected chi connectivity index (χ3v) is 7.14. The van der Waals surface area contributed by atoms with Gasteiger partial charge in [0.1, 0.15) is 18.3 Å². The summed E-state index contributed by atoms with van der Waals surface area (Å²) in [6.07, 6.45) is -0.965. The number of amidine groups is 1. The van der Waals surface area contributed by atoms with Gasteiger partial charge in [0.05, 0.1) is 16.7 Å². The number of thioether (sulfide) groups is 1. The lowest BCUT2D eigenvalue weighted by atomic mass is 9.73. The summed E-state index contributed by atoms with van der Waals surface area (Å²) in [7, 11) is 0. The molecule has 0 bridgehead atoms. The average Bonchev–Trinajstić information content (AvgIpc) is 3.16. The van der Waals surface area contributed by atoms with Gasteiger partial charge in [-0.2, -0.15) is 5.26 Å². The highest BCUT2D eigenvalue weighted by Gasteiger charge is 2.55. The smallest absolute Gasteiger partial charge is 0.229 e. The average molecular weight is 452 g/mol. The van der Waals surface area contributed by atoms with E-state index in [9.17, 15) is 10.1 Å². The van der Waals surface area contributed by atoms with E-state index in [1.165, 1.54) is 11.8 Å². The first kappa shape index (κ1) is 19.8. The number of para-hydroxylation sites is 1. The van der Waals surface area contributed by atoms with E-state index in [0.717, 1.165) is 11.3 Å². The predicted molar refractivity (Wildman–Crippen MR) is 120 cm³/mol. The van der Waals surface area contributed by atoms with Crippen molar-refractivity contribution in [1.29, 1.82) is 5.26 Å². The molecule has 156 valence electrons. The molecule has 31 heavy (non-hydrogen) atoms. The van der Waals surface area contributed by atoms with Gasteiger partial charge in [-0.3, -0.25) is 4.79 Å². The number of piperidine rings is 1. The fourth-order valence-corrected chi connectivity index (χ4v) is 5.63. The molecule has 4 N–H and O–H groups in total. The van der Waals surface area contributed by atoms with E-state index in [4.69, 9.17) is 22.1 Å². The van der Waals surface area contributed by atoms with Crippen LogP contribution in [0.4, 0.5) is 5.69 Å². The number of hydrogen-bond donors (Lipinski definition) is 3. The van der Waals surface area contributed by atoms with Crippen LogP contribution in [0, 0.1) is 17.2 Å². The summed E-state index contributed by atoms with van der Waals surface area (Å²) in [4.78, 5) is 17.8.